The van der Waals surface area contributed by atoms with Crippen molar-refractivity contribution in [2.24, 2.45) is 0 Å². The number of carboxylic acids is 1. The van der Waals surface area contributed by atoms with Gasteiger partial charge in [0.05, 0.1) is 22.3 Å². The quantitative estimate of drug-likeness (QED) is 0.508. The van der Waals surface area contributed by atoms with E-state index in [4.69, 9.17) is 0 Å². The number of nitrogens with zero attached hydrogens (tertiary/aromatic N) is 2. The van der Waals surface area contributed by atoms with Crippen LogP contribution in [0.25, 0.3) is 34.4 Å². The maximum absolute atomic E-state index is 11.8. The normalized spacial score (nSPS) is 11.3. The third-order valence-electron chi connectivity index (χ3n) is 4.19. The Bertz CT molecular complexity index is 1150. The summed E-state index contributed by atoms with van der Waals surface area (Å²) in [5.41, 5.74) is 3.18. The van der Waals surface area contributed by atoms with E-state index >= 15 is 0 Å². The predicted octanol–water partition coefficient (Wildman–Crippen LogP) is 4.20. The average molecular weight is 357 g/mol. The number of hydrogen-bond donors (Lipinski definition) is 3. The molecule has 3 N–H and O–H groups in total. The average Bonchev–Trinajstić information content (AvgIpc) is 3.10. The molecule has 0 fully saturated rings. The zero-order valence-electron chi connectivity index (χ0n) is 14.1. The van der Waals surface area contributed by atoms with Crippen molar-refractivity contribution >= 4 is 29.2 Å². The Morgan fingerprint density at radius 2 is 1.74 bits per heavy atom. The molecule has 0 unspecified atom stereocenters. The van der Waals surface area contributed by atoms with Gasteiger partial charge in [-0.15, -0.1) is 0 Å². The number of hydrogen-bond acceptors (Lipinski definition) is 4. The van der Waals surface area contributed by atoms with Crippen molar-refractivity contribution in [3.05, 3.63) is 77.5 Å². The van der Waals surface area contributed by atoms with E-state index in [0.717, 1.165) is 5.56 Å². The lowest BCUT2D eigenvalue weighted by Crippen LogP contribution is -2.00. The standard InChI is InChI=1S/C21H15N3O3/c25-15-9-7-14(8-10-15)18-12-16(21(26)27)19-17(23-24-20(19)22-18)11-6-13-4-2-1-3-5-13/h1-12,25H,(H,26,27)(H,22,23,24). The fourth-order valence-corrected chi connectivity index (χ4v) is 2.86. The Labute approximate surface area is 154 Å². The van der Waals surface area contributed by atoms with Crippen LogP contribution in [-0.2, 0) is 0 Å². The van der Waals surface area contributed by atoms with E-state index < -0.39 is 5.97 Å². The second-order valence-corrected chi connectivity index (χ2v) is 5.99. The number of nitrogens with one attached hydrogen (secondary N) is 1. The van der Waals surface area contributed by atoms with Crippen molar-refractivity contribution < 1.29 is 15.0 Å². The van der Waals surface area contributed by atoms with Crippen molar-refractivity contribution in [1.29, 1.82) is 0 Å². The number of benzene rings is 2. The van der Waals surface area contributed by atoms with E-state index in [0.29, 0.717) is 28.0 Å². The summed E-state index contributed by atoms with van der Waals surface area (Å²) in [7, 11) is 0. The highest BCUT2D eigenvalue weighted by atomic mass is 16.4. The third kappa shape index (κ3) is 3.28. The molecule has 6 heteroatoms. The monoisotopic (exact) mass is 357 g/mol. The number of aromatic hydroxyl groups is 1. The summed E-state index contributed by atoms with van der Waals surface area (Å²) >= 11 is 0. The summed E-state index contributed by atoms with van der Waals surface area (Å²) in [6, 6.07) is 17.6. The number of rotatable bonds is 4. The van der Waals surface area contributed by atoms with Crippen LogP contribution < -0.4 is 0 Å². The maximum atomic E-state index is 11.8. The molecule has 132 valence electrons. The highest BCUT2D eigenvalue weighted by Crippen LogP contribution is 2.28. The second kappa shape index (κ2) is 6.76. The minimum atomic E-state index is -1.06. The molecular formula is C21H15N3O3. The fraction of sp³-hybridized carbons (Fsp3) is 0. The van der Waals surface area contributed by atoms with Crippen LogP contribution in [-0.4, -0.2) is 31.4 Å². The molecule has 0 saturated heterocycles. The van der Waals surface area contributed by atoms with Gasteiger partial charge in [0.15, 0.2) is 5.65 Å². The second-order valence-electron chi connectivity index (χ2n) is 5.99. The Morgan fingerprint density at radius 1 is 1.00 bits per heavy atom. The van der Waals surface area contributed by atoms with E-state index in [2.05, 4.69) is 15.2 Å². The number of carboxylic acid groups (broad SMARTS) is 1. The van der Waals surface area contributed by atoms with Crippen molar-refractivity contribution in [2.75, 3.05) is 0 Å². The largest absolute Gasteiger partial charge is 0.508 e. The van der Waals surface area contributed by atoms with Crippen molar-refractivity contribution in [2.45, 2.75) is 0 Å². The zero-order valence-corrected chi connectivity index (χ0v) is 14.1. The smallest absolute Gasteiger partial charge is 0.336 e. The predicted molar refractivity (Wildman–Crippen MR) is 103 cm³/mol. The van der Waals surface area contributed by atoms with Gasteiger partial charge in [0, 0.05) is 5.56 Å². The van der Waals surface area contributed by atoms with Crippen LogP contribution in [0.15, 0.2) is 60.7 Å². The van der Waals surface area contributed by atoms with Crippen LogP contribution in [0.2, 0.25) is 0 Å². The number of pyridine rings is 1. The van der Waals surface area contributed by atoms with Gasteiger partial charge in [-0.2, -0.15) is 5.10 Å². The number of aromatic nitrogens is 3. The number of H-pyrrole nitrogens is 1. The number of carbonyl (C=O) groups is 1. The molecule has 4 aromatic rings. The fourth-order valence-electron chi connectivity index (χ4n) is 2.86. The molecule has 0 saturated carbocycles. The van der Waals surface area contributed by atoms with Gasteiger partial charge in [-0.1, -0.05) is 36.4 Å². The molecule has 27 heavy (non-hydrogen) atoms. The SMILES string of the molecule is O=C(O)c1cc(-c2ccc(O)cc2)nc2n[nH]c(C=Cc3ccccc3)c12. The molecule has 0 aliphatic heterocycles. The number of fused-ring (bicyclic) bond motifs is 1. The van der Waals surface area contributed by atoms with E-state index in [1.807, 2.05) is 36.4 Å². The Kier molecular flexibility index (Phi) is 4.14. The van der Waals surface area contributed by atoms with Crippen LogP contribution in [0.3, 0.4) is 0 Å². The molecule has 0 atom stereocenters. The van der Waals surface area contributed by atoms with E-state index in [1.165, 1.54) is 18.2 Å². The van der Waals surface area contributed by atoms with Gasteiger partial charge in [0.2, 0.25) is 0 Å². The topological polar surface area (TPSA) is 99.1 Å². The van der Waals surface area contributed by atoms with E-state index in [-0.39, 0.29) is 11.3 Å². The highest BCUT2D eigenvalue weighted by Gasteiger charge is 2.17. The molecule has 0 bridgehead atoms. The summed E-state index contributed by atoms with van der Waals surface area (Å²) in [4.78, 5) is 16.3. The first-order chi connectivity index (χ1) is 13.1. The number of phenolic OH excluding ortho intramolecular Hbond substituents is 1. The molecule has 4 rings (SSSR count). The Hall–Kier alpha value is -3.93. The van der Waals surface area contributed by atoms with Gasteiger partial charge in [-0.25, -0.2) is 9.78 Å². The molecule has 0 radical (unpaired) electrons. The van der Waals surface area contributed by atoms with Crippen molar-refractivity contribution in [1.82, 2.24) is 15.2 Å². The lowest BCUT2D eigenvalue weighted by molar-refractivity contribution is 0.0699. The molecule has 2 aromatic carbocycles. The Morgan fingerprint density at radius 3 is 2.44 bits per heavy atom. The first-order valence-electron chi connectivity index (χ1n) is 8.27. The molecule has 6 nitrogen and oxygen atoms in total. The summed E-state index contributed by atoms with van der Waals surface area (Å²) < 4.78 is 0. The number of aromatic amines is 1. The van der Waals surface area contributed by atoms with Gasteiger partial charge in [0.1, 0.15) is 5.75 Å². The minimum Gasteiger partial charge on any atom is -0.508 e. The first-order valence-corrected chi connectivity index (χ1v) is 8.27. The van der Waals surface area contributed by atoms with Gasteiger partial charge in [0.25, 0.3) is 0 Å². The van der Waals surface area contributed by atoms with Gasteiger partial charge < -0.3 is 10.2 Å². The van der Waals surface area contributed by atoms with Gasteiger partial charge in [-0.3, -0.25) is 5.10 Å². The number of phenols is 1. The summed E-state index contributed by atoms with van der Waals surface area (Å²) in [5.74, 6) is -0.926. The zero-order chi connectivity index (χ0) is 18.8. The molecule has 0 aliphatic rings. The molecule has 2 heterocycles. The Balaban J connectivity index is 1.83. The van der Waals surface area contributed by atoms with Crippen LogP contribution in [0, 0.1) is 0 Å². The molecular weight excluding hydrogens is 342 g/mol. The summed E-state index contributed by atoms with van der Waals surface area (Å²) in [5, 5.41) is 26.6. The number of aromatic carboxylic acids is 1. The lowest BCUT2D eigenvalue weighted by Gasteiger charge is -2.04. The van der Waals surface area contributed by atoms with Crippen molar-refractivity contribution in [3.8, 4) is 17.0 Å². The molecule has 0 spiro atoms. The lowest BCUT2D eigenvalue weighted by atomic mass is 10.0. The van der Waals surface area contributed by atoms with Crippen molar-refractivity contribution in [3.63, 3.8) is 0 Å². The van der Waals surface area contributed by atoms with Crippen LogP contribution in [0.1, 0.15) is 21.6 Å². The molecule has 0 aliphatic carbocycles. The van der Waals surface area contributed by atoms with Gasteiger partial charge in [-0.05, 0) is 42.0 Å². The van der Waals surface area contributed by atoms with Gasteiger partial charge >= 0.3 is 5.97 Å². The maximum Gasteiger partial charge on any atom is 0.336 e. The third-order valence-corrected chi connectivity index (χ3v) is 4.19. The van der Waals surface area contributed by atoms with E-state index in [9.17, 15) is 15.0 Å². The van der Waals surface area contributed by atoms with Crippen LogP contribution in [0.5, 0.6) is 5.75 Å². The van der Waals surface area contributed by atoms with E-state index in [1.54, 1.807) is 18.2 Å². The molecule has 0 amide bonds. The summed E-state index contributed by atoms with van der Waals surface area (Å²) in [6.07, 6.45) is 3.67. The first kappa shape index (κ1) is 16.5. The summed E-state index contributed by atoms with van der Waals surface area (Å²) in [6.45, 7) is 0. The van der Waals surface area contributed by atoms with Crippen LogP contribution in [0.4, 0.5) is 0 Å². The van der Waals surface area contributed by atoms with Crippen LogP contribution >= 0.6 is 0 Å². The highest BCUT2D eigenvalue weighted by molar-refractivity contribution is 6.06. The molecule has 2 aromatic heterocycles. The minimum absolute atomic E-state index is 0.115.